The van der Waals surface area contributed by atoms with Crippen LogP contribution in [0.3, 0.4) is 0 Å². The van der Waals surface area contributed by atoms with E-state index in [1.165, 1.54) is 18.2 Å². The summed E-state index contributed by atoms with van der Waals surface area (Å²) in [7, 11) is 0. The minimum atomic E-state index is -0.386. The monoisotopic (exact) mass is 270 g/mol. The van der Waals surface area contributed by atoms with Crippen molar-refractivity contribution in [3.63, 3.8) is 0 Å². The molecule has 0 fully saturated rings. The van der Waals surface area contributed by atoms with Gasteiger partial charge in [0, 0.05) is 17.2 Å². The average Bonchev–Trinajstić information content (AvgIpc) is 2.45. The van der Waals surface area contributed by atoms with Gasteiger partial charge in [0.15, 0.2) is 0 Å². The van der Waals surface area contributed by atoms with Gasteiger partial charge < -0.3 is 10.5 Å². The van der Waals surface area contributed by atoms with Gasteiger partial charge in [-0.05, 0) is 31.2 Å². The lowest BCUT2D eigenvalue weighted by Gasteiger charge is -2.14. The van der Waals surface area contributed by atoms with Gasteiger partial charge in [0.05, 0.1) is 11.6 Å². The molecule has 102 valence electrons. The van der Waals surface area contributed by atoms with E-state index < -0.39 is 0 Å². The lowest BCUT2D eigenvalue weighted by molar-refractivity contribution is 0.300. The van der Waals surface area contributed by atoms with Crippen molar-refractivity contribution in [2.24, 2.45) is 5.73 Å². The molecular weight excluding hydrogens is 255 g/mol. The maximum atomic E-state index is 13.2. The van der Waals surface area contributed by atoms with Crippen LogP contribution in [0.15, 0.2) is 42.5 Å². The van der Waals surface area contributed by atoms with E-state index >= 15 is 0 Å². The first-order valence-electron chi connectivity index (χ1n) is 6.27. The van der Waals surface area contributed by atoms with E-state index in [1.54, 1.807) is 0 Å². The topological polar surface area (TPSA) is 59.0 Å². The fourth-order valence-corrected chi connectivity index (χ4v) is 1.93. The molecule has 2 N–H and O–H groups in total. The minimum absolute atomic E-state index is 0.129. The first kappa shape index (κ1) is 14.0. The van der Waals surface area contributed by atoms with Crippen LogP contribution in [0.25, 0.3) is 0 Å². The third kappa shape index (κ3) is 3.14. The largest absolute Gasteiger partial charge is 0.489 e. The molecule has 0 aliphatic heterocycles. The maximum absolute atomic E-state index is 13.2. The number of hydrogen-bond acceptors (Lipinski definition) is 3. The van der Waals surface area contributed by atoms with Gasteiger partial charge in [-0.2, -0.15) is 5.26 Å². The van der Waals surface area contributed by atoms with Gasteiger partial charge >= 0.3 is 0 Å². The average molecular weight is 270 g/mol. The van der Waals surface area contributed by atoms with Crippen LogP contribution in [0.1, 0.15) is 29.7 Å². The summed E-state index contributed by atoms with van der Waals surface area (Å²) < 4.78 is 18.9. The zero-order valence-corrected chi connectivity index (χ0v) is 11.1. The Labute approximate surface area is 117 Å². The molecule has 0 unspecified atom stereocenters. The number of rotatable bonds is 4. The predicted molar refractivity (Wildman–Crippen MR) is 74.5 cm³/mol. The molecule has 0 aliphatic rings. The second-order valence-electron chi connectivity index (χ2n) is 4.53. The smallest absolute Gasteiger partial charge is 0.124 e. The summed E-state index contributed by atoms with van der Waals surface area (Å²) in [5.41, 5.74) is 7.68. The van der Waals surface area contributed by atoms with Gasteiger partial charge in [-0.25, -0.2) is 4.39 Å². The molecule has 4 heteroatoms. The van der Waals surface area contributed by atoms with Crippen molar-refractivity contribution in [1.82, 2.24) is 0 Å². The summed E-state index contributed by atoms with van der Waals surface area (Å²) >= 11 is 0. The van der Waals surface area contributed by atoms with Gasteiger partial charge in [0.1, 0.15) is 18.2 Å². The molecule has 0 spiro atoms. The van der Waals surface area contributed by atoms with Crippen LogP contribution in [-0.2, 0) is 6.61 Å². The highest BCUT2D eigenvalue weighted by Crippen LogP contribution is 2.24. The van der Waals surface area contributed by atoms with Crippen molar-refractivity contribution in [2.75, 3.05) is 0 Å². The van der Waals surface area contributed by atoms with E-state index in [4.69, 9.17) is 15.7 Å². The summed E-state index contributed by atoms with van der Waals surface area (Å²) in [5.74, 6) is 0.263. The van der Waals surface area contributed by atoms with Crippen LogP contribution in [0.5, 0.6) is 5.75 Å². The Balaban J connectivity index is 2.22. The zero-order valence-electron chi connectivity index (χ0n) is 11.1. The summed E-state index contributed by atoms with van der Waals surface area (Å²) in [6.07, 6.45) is 0. The van der Waals surface area contributed by atoms with Crippen molar-refractivity contribution in [2.45, 2.75) is 19.6 Å². The van der Waals surface area contributed by atoms with Crippen LogP contribution in [0, 0.1) is 17.1 Å². The number of nitriles is 1. The van der Waals surface area contributed by atoms with E-state index in [0.717, 1.165) is 5.56 Å². The number of nitrogens with zero attached hydrogens (tertiary/aromatic N) is 1. The number of hydrogen-bond donors (Lipinski definition) is 1. The first-order chi connectivity index (χ1) is 9.61. The number of ether oxygens (including phenoxy) is 1. The van der Waals surface area contributed by atoms with Crippen LogP contribution < -0.4 is 10.5 Å². The Morgan fingerprint density at radius 1 is 1.30 bits per heavy atom. The summed E-state index contributed by atoms with van der Waals surface area (Å²) in [4.78, 5) is 0. The highest BCUT2D eigenvalue weighted by atomic mass is 19.1. The normalized spacial score (nSPS) is 11.7. The van der Waals surface area contributed by atoms with Crippen LogP contribution >= 0.6 is 0 Å². The molecule has 1 atom stereocenters. The van der Waals surface area contributed by atoms with Crippen molar-refractivity contribution < 1.29 is 9.13 Å². The standard InChI is InChI=1S/C16H15FN2O/c1-11(19)15-4-2-3-5-16(15)20-10-13-8-14(17)7-6-12(13)9-18/h2-8,11H,10,19H2,1H3/t11-/m1/s1. The quantitative estimate of drug-likeness (QED) is 0.927. The van der Waals surface area contributed by atoms with Crippen molar-refractivity contribution in [3.05, 3.63) is 65.0 Å². The molecule has 2 rings (SSSR count). The summed E-state index contributed by atoms with van der Waals surface area (Å²) in [6.45, 7) is 2.00. The summed E-state index contributed by atoms with van der Waals surface area (Å²) in [6, 6.07) is 13.3. The Kier molecular flexibility index (Phi) is 4.34. The predicted octanol–water partition coefficient (Wildman–Crippen LogP) is 3.30. The molecule has 0 radical (unpaired) electrons. The molecular formula is C16H15FN2O. The Morgan fingerprint density at radius 2 is 2.05 bits per heavy atom. The first-order valence-corrected chi connectivity index (χ1v) is 6.27. The molecule has 0 heterocycles. The van der Waals surface area contributed by atoms with Crippen LogP contribution in [0.2, 0.25) is 0 Å². The molecule has 3 nitrogen and oxygen atoms in total. The Bertz CT molecular complexity index is 647. The van der Waals surface area contributed by atoms with Crippen molar-refractivity contribution in [3.8, 4) is 11.8 Å². The molecule has 0 bridgehead atoms. The minimum Gasteiger partial charge on any atom is -0.489 e. The van der Waals surface area contributed by atoms with Gasteiger partial charge in [-0.15, -0.1) is 0 Å². The zero-order chi connectivity index (χ0) is 14.5. The fraction of sp³-hybridized carbons (Fsp3) is 0.188. The van der Waals surface area contributed by atoms with E-state index in [-0.39, 0.29) is 18.5 Å². The van der Waals surface area contributed by atoms with E-state index in [2.05, 4.69) is 0 Å². The van der Waals surface area contributed by atoms with E-state index in [1.807, 2.05) is 37.3 Å². The van der Waals surface area contributed by atoms with Gasteiger partial charge in [0.2, 0.25) is 0 Å². The van der Waals surface area contributed by atoms with Crippen molar-refractivity contribution >= 4 is 0 Å². The highest BCUT2D eigenvalue weighted by Gasteiger charge is 2.09. The number of para-hydroxylation sites is 1. The lowest BCUT2D eigenvalue weighted by atomic mass is 10.1. The molecule has 0 amide bonds. The second kappa shape index (κ2) is 6.18. The summed E-state index contributed by atoms with van der Waals surface area (Å²) in [5, 5.41) is 9.00. The highest BCUT2D eigenvalue weighted by molar-refractivity contribution is 5.39. The SMILES string of the molecule is C[C@@H](N)c1ccccc1OCc1cc(F)ccc1C#N. The van der Waals surface area contributed by atoms with Gasteiger partial charge in [-0.1, -0.05) is 18.2 Å². The molecule has 0 saturated carbocycles. The molecule has 2 aromatic carbocycles. The number of nitrogens with two attached hydrogens (primary N) is 1. The molecule has 0 saturated heterocycles. The third-order valence-corrected chi connectivity index (χ3v) is 2.98. The fourth-order valence-electron chi connectivity index (χ4n) is 1.93. The Morgan fingerprint density at radius 3 is 2.75 bits per heavy atom. The molecule has 2 aromatic rings. The second-order valence-corrected chi connectivity index (χ2v) is 4.53. The third-order valence-electron chi connectivity index (χ3n) is 2.98. The van der Waals surface area contributed by atoms with E-state index in [0.29, 0.717) is 16.9 Å². The maximum Gasteiger partial charge on any atom is 0.124 e. The number of benzene rings is 2. The van der Waals surface area contributed by atoms with Crippen LogP contribution in [0.4, 0.5) is 4.39 Å². The van der Waals surface area contributed by atoms with Gasteiger partial charge in [0.25, 0.3) is 0 Å². The number of halogens is 1. The lowest BCUT2D eigenvalue weighted by Crippen LogP contribution is -2.08. The molecule has 0 aliphatic carbocycles. The molecule has 20 heavy (non-hydrogen) atoms. The van der Waals surface area contributed by atoms with Gasteiger partial charge in [-0.3, -0.25) is 0 Å². The molecule has 0 aromatic heterocycles. The van der Waals surface area contributed by atoms with Crippen molar-refractivity contribution in [1.29, 1.82) is 5.26 Å². The van der Waals surface area contributed by atoms with Crippen LogP contribution in [-0.4, -0.2) is 0 Å². The van der Waals surface area contributed by atoms with E-state index in [9.17, 15) is 4.39 Å². The Hall–Kier alpha value is -2.38.